The van der Waals surface area contributed by atoms with Crippen LogP contribution in [0.1, 0.15) is 47.5 Å². The summed E-state index contributed by atoms with van der Waals surface area (Å²) < 4.78 is 11.1. The van der Waals surface area contributed by atoms with E-state index in [1.54, 1.807) is 36.3 Å². The van der Waals surface area contributed by atoms with Crippen molar-refractivity contribution < 1.29 is 13.9 Å². The lowest BCUT2D eigenvalue weighted by molar-refractivity contribution is 0.0725. The fourth-order valence-electron chi connectivity index (χ4n) is 3.66. The van der Waals surface area contributed by atoms with Crippen LogP contribution in [-0.4, -0.2) is 24.5 Å². The molecule has 0 aliphatic carbocycles. The molecule has 0 bridgehead atoms. The largest absolute Gasteiger partial charge is 0.497 e. The van der Waals surface area contributed by atoms with E-state index in [-0.39, 0.29) is 17.1 Å². The van der Waals surface area contributed by atoms with Crippen molar-refractivity contribution in [1.82, 2.24) is 4.90 Å². The standard InChI is InChI=1S/C22H21NO4/c1-3-4-13-23-19(14-9-11-15(26-2)12-10-14)18-20(24)16-7-5-6-8-17(16)27-21(18)22(23)25/h5-12,19H,3-4,13H2,1-2H3. The van der Waals surface area contributed by atoms with Crippen LogP contribution in [0.2, 0.25) is 0 Å². The van der Waals surface area contributed by atoms with Crippen LogP contribution in [0, 0.1) is 0 Å². The molecule has 1 amide bonds. The summed E-state index contributed by atoms with van der Waals surface area (Å²) in [5.74, 6) is 0.673. The Morgan fingerprint density at radius 1 is 1.07 bits per heavy atom. The van der Waals surface area contributed by atoms with E-state index in [0.717, 1.165) is 24.2 Å². The number of amides is 1. The minimum Gasteiger partial charge on any atom is -0.497 e. The summed E-state index contributed by atoms with van der Waals surface area (Å²) in [5.41, 5.74) is 1.61. The van der Waals surface area contributed by atoms with Crippen LogP contribution in [0.15, 0.2) is 57.7 Å². The van der Waals surface area contributed by atoms with Crippen molar-refractivity contribution in [2.45, 2.75) is 25.8 Å². The van der Waals surface area contributed by atoms with Gasteiger partial charge in [0.1, 0.15) is 11.3 Å². The molecule has 0 saturated heterocycles. The molecule has 0 N–H and O–H groups in total. The average Bonchev–Trinajstić information content (AvgIpc) is 2.99. The second-order valence-corrected chi connectivity index (χ2v) is 6.70. The predicted octanol–water partition coefficient (Wildman–Crippen LogP) is 4.15. The fraction of sp³-hybridized carbons (Fsp3) is 0.273. The van der Waals surface area contributed by atoms with Crippen molar-refractivity contribution in [2.75, 3.05) is 13.7 Å². The molecule has 1 aliphatic rings. The summed E-state index contributed by atoms with van der Waals surface area (Å²) in [5, 5.41) is 0.500. The molecule has 1 aliphatic heterocycles. The molecule has 5 heteroatoms. The van der Waals surface area contributed by atoms with E-state index in [2.05, 4.69) is 6.92 Å². The first-order chi connectivity index (χ1) is 13.2. The summed E-state index contributed by atoms with van der Waals surface area (Å²) >= 11 is 0. The highest BCUT2D eigenvalue weighted by molar-refractivity contribution is 5.99. The van der Waals surface area contributed by atoms with Crippen molar-refractivity contribution in [3.63, 3.8) is 0 Å². The van der Waals surface area contributed by atoms with Gasteiger partial charge in [0.2, 0.25) is 5.76 Å². The van der Waals surface area contributed by atoms with Crippen LogP contribution < -0.4 is 10.2 Å². The summed E-state index contributed by atoms with van der Waals surface area (Å²) in [7, 11) is 1.61. The smallest absolute Gasteiger partial charge is 0.290 e. The maximum absolute atomic E-state index is 13.2. The zero-order chi connectivity index (χ0) is 19.0. The fourth-order valence-corrected chi connectivity index (χ4v) is 3.66. The van der Waals surface area contributed by atoms with Gasteiger partial charge in [0.25, 0.3) is 5.91 Å². The Bertz CT molecular complexity index is 1050. The molecule has 2 aromatic carbocycles. The Hall–Kier alpha value is -3.08. The van der Waals surface area contributed by atoms with Gasteiger partial charge in [0, 0.05) is 6.54 Å². The molecule has 1 aromatic heterocycles. The number of unbranched alkanes of at least 4 members (excludes halogenated alkanes) is 1. The van der Waals surface area contributed by atoms with E-state index in [1.807, 2.05) is 24.3 Å². The van der Waals surface area contributed by atoms with Crippen molar-refractivity contribution in [3.8, 4) is 5.75 Å². The maximum atomic E-state index is 13.2. The second kappa shape index (κ2) is 6.91. The normalized spacial score (nSPS) is 16.0. The van der Waals surface area contributed by atoms with Crippen LogP contribution in [0.4, 0.5) is 0 Å². The number of methoxy groups -OCH3 is 1. The molecule has 2 heterocycles. The quantitative estimate of drug-likeness (QED) is 0.683. The third kappa shape index (κ3) is 2.79. The van der Waals surface area contributed by atoms with Crippen molar-refractivity contribution in [2.24, 2.45) is 0 Å². The predicted molar refractivity (Wildman–Crippen MR) is 103 cm³/mol. The molecule has 27 heavy (non-hydrogen) atoms. The Morgan fingerprint density at radius 2 is 1.81 bits per heavy atom. The zero-order valence-corrected chi connectivity index (χ0v) is 15.4. The molecule has 3 aromatic rings. The number of hydrogen-bond acceptors (Lipinski definition) is 4. The number of fused-ring (bicyclic) bond motifs is 2. The Kier molecular flexibility index (Phi) is 4.44. The Balaban J connectivity index is 1.93. The molecule has 0 fully saturated rings. The lowest BCUT2D eigenvalue weighted by Gasteiger charge is -2.25. The summed E-state index contributed by atoms with van der Waals surface area (Å²) in [4.78, 5) is 28.1. The number of benzene rings is 2. The van der Waals surface area contributed by atoms with Gasteiger partial charge in [0.15, 0.2) is 5.43 Å². The van der Waals surface area contributed by atoms with E-state index >= 15 is 0 Å². The van der Waals surface area contributed by atoms with Gasteiger partial charge in [-0.05, 0) is 36.2 Å². The average molecular weight is 363 g/mol. The Morgan fingerprint density at radius 3 is 2.52 bits per heavy atom. The van der Waals surface area contributed by atoms with Crippen LogP contribution in [-0.2, 0) is 0 Å². The number of hydrogen-bond donors (Lipinski definition) is 0. The molecule has 5 nitrogen and oxygen atoms in total. The molecular formula is C22H21NO4. The molecule has 1 atom stereocenters. The van der Waals surface area contributed by atoms with Crippen LogP contribution in [0.25, 0.3) is 11.0 Å². The zero-order valence-electron chi connectivity index (χ0n) is 15.4. The molecule has 138 valence electrons. The van der Waals surface area contributed by atoms with E-state index in [0.29, 0.717) is 23.1 Å². The molecular weight excluding hydrogens is 342 g/mol. The van der Waals surface area contributed by atoms with Gasteiger partial charge < -0.3 is 14.1 Å². The van der Waals surface area contributed by atoms with Crippen molar-refractivity contribution in [1.29, 1.82) is 0 Å². The molecule has 4 rings (SSSR count). The SMILES string of the molecule is CCCCN1C(=O)c2oc3ccccc3c(=O)c2C1c1ccc(OC)cc1. The minimum atomic E-state index is -0.439. The van der Waals surface area contributed by atoms with Crippen LogP contribution in [0.5, 0.6) is 5.75 Å². The number of para-hydroxylation sites is 1. The van der Waals surface area contributed by atoms with E-state index in [4.69, 9.17) is 9.15 Å². The molecule has 0 saturated carbocycles. The topological polar surface area (TPSA) is 59.8 Å². The Labute approximate surface area is 157 Å². The number of ether oxygens (including phenoxy) is 1. The lowest BCUT2D eigenvalue weighted by atomic mass is 9.98. The first kappa shape index (κ1) is 17.3. The maximum Gasteiger partial charge on any atom is 0.290 e. The van der Waals surface area contributed by atoms with E-state index < -0.39 is 6.04 Å². The van der Waals surface area contributed by atoms with Crippen LogP contribution >= 0.6 is 0 Å². The van der Waals surface area contributed by atoms with Gasteiger partial charge in [0.05, 0.1) is 24.1 Å². The lowest BCUT2D eigenvalue weighted by Crippen LogP contribution is -2.30. The number of nitrogens with zero attached hydrogens (tertiary/aromatic N) is 1. The minimum absolute atomic E-state index is 0.139. The summed E-state index contributed by atoms with van der Waals surface area (Å²) in [6, 6.07) is 14.1. The molecule has 1 unspecified atom stereocenters. The number of carbonyl (C=O) groups excluding carboxylic acids is 1. The van der Waals surface area contributed by atoms with E-state index in [1.165, 1.54) is 0 Å². The summed E-state index contributed by atoms with van der Waals surface area (Å²) in [6.07, 6.45) is 1.82. The third-order valence-electron chi connectivity index (χ3n) is 5.06. The van der Waals surface area contributed by atoms with Gasteiger partial charge in [-0.2, -0.15) is 0 Å². The monoisotopic (exact) mass is 363 g/mol. The highest BCUT2D eigenvalue weighted by Crippen LogP contribution is 2.38. The second-order valence-electron chi connectivity index (χ2n) is 6.70. The third-order valence-corrected chi connectivity index (χ3v) is 5.06. The van der Waals surface area contributed by atoms with Gasteiger partial charge >= 0.3 is 0 Å². The number of carbonyl (C=O) groups is 1. The van der Waals surface area contributed by atoms with Crippen LogP contribution in [0.3, 0.4) is 0 Å². The highest BCUT2D eigenvalue weighted by atomic mass is 16.5. The van der Waals surface area contributed by atoms with Crippen molar-refractivity contribution >= 4 is 16.9 Å². The first-order valence-electron chi connectivity index (χ1n) is 9.16. The molecule has 0 spiro atoms. The van der Waals surface area contributed by atoms with Gasteiger partial charge in [-0.25, -0.2) is 0 Å². The van der Waals surface area contributed by atoms with Gasteiger partial charge in [-0.3, -0.25) is 9.59 Å². The van der Waals surface area contributed by atoms with E-state index in [9.17, 15) is 9.59 Å². The summed E-state index contributed by atoms with van der Waals surface area (Å²) in [6.45, 7) is 2.65. The first-order valence-corrected chi connectivity index (χ1v) is 9.16. The number of rotatable bonds is 5. The molecule has 0 radical (unpaired) electrons. The van der Waals surface area contributed by atoms with Gasteiger partial charge in [-0.1, -0.05) is 37.6 Å². The highest BCUT2D eigenvalue weighted by Gasteiger charge is 2.42. The van der Waals surface area contributed by atoms with Crippen molar-refractivity contribution in [3.05, 3.63) is 75.6 Å². The van der Waals surface area contributed by atoms with Gasteiger partial charge in [-0.15, -0.1) is 0 Å².